The average Bonchev–Trinajstić information content (AvgIpc) is 3.12. The zero-order valence-electron chi connectivity index (χ0n) is 10.7. The van der Waals surface area contributed by atoms with Gasteiger partial charge >= 0.3 is 0 Å². The van der Waals surface area contributed by atoms with E-state index >= 15 is 0 Å². The third-order valence-corrected chi connectivity index (χ3v) is 2.93. The number of aryl methyl sites for hydroxylation is 1. The van der Waals surface area contributed by atoms with E-state index in [1.165, 1.54) is 0 Å². The summed E-state index contributed by atoms with van der Waals surface area (Å²) < 4.78 is 4.10. The van der Waals surface area contributed by atoms with E-state index in [4.69, 9.17) is 0 Å². The SMILES string of the molecule is CCCn1cnnc1Cn1ccnc1-c1cnc[nH]1. The lowest BCUT2D eigenvalue weighted by Crippen LogP contribution is -2.09. The van der Waals surface area contributed by atoms with Gasteiger partial charge in [-0.2, -0.15) is 0 Å². The second kappa shape index (κ2) is 5.05. The molecule has 7 nitrogen and oxygen atoms in total. The Labute approximate surface area is 110 Å². The lowest BCUT2D eigenvalue weighted by atomic mass is 10.4. The van der Waals surface area contributed by atoms with Gasteiger partial charge in [0.25, 0.3) is 0 Å². The van der Waals surface area contributed by atoms with Crippen LogP contribution in [0.25, 0.3) is 11.5 Å². The molecule has 0 unspecified atom stereocenters. The maximum Gasteiger partial charge on any atom is 0.158 e. The van der Waals surface area contributed by atoms with Crippen LogP contribution in [0.3, 0.4) is 0 Å². The summed E-state index contributed by atoms with van der Waals surface area (Å²) >= 11 is 0. The summed E-state index contributed by atoms with van der Waals surface area (Å²) in [5.41, 5.74) is 0.895. The smallest absolute Gasteiger partial charge is 0.158 e. The zero-order valence-corrected chi connectivity index (χ0v) is 10.7. The van der Waals surface area contributed by atoms with Crippen molar-refractivity contribution in [3.8, 4) is 11.5 Å². The molecule has 0 atom stereocenters. The van der Waals surface area contributed by atoms with Crippen molar-refractivity contribution in [2.24, 2.45) is 0 Å². The summed E-state index contributed by atoms with van der Waals surface area (Å²) in [5.74, 6) is 1.78. The number of nitrogens with zero attached hydrogens (tertiary/aromatic N) is 6. The monoisotopic (exact) mass is 257 g/mol. The average molecular weight is 257 g/mol. The molecule has 0 saturated carbocycles. The fraction of sp³-hybridized carbons (Fsp3) is 0.333. The van der Waals surface area contributed by atoms with Crippen LogP contribution >= 0.6 is 0 Å². The van der Waals surface area contributed by atoms with Crippen LogP contribution in [-0.2, 0) is 13.1 Å². The lowest BCUT2D eigenvalue weighted by molar-refractivity contribution is 0.613. The molecule has 0 bridgehead atoms. The van der Waals surface area contributed by atoms with E-state index < -0.39 is 0 Å². The summed E-state index contributed by atoms with van der Waals surface area (Å²) in [6, 6.07) is 0. The van der Waals surface area contributed by atoms with Crippen LogP contribution in [0.5, 0.6) is 0 Å². The minimum atomic E-state index is 0.647. The Morgan fingerprint density at radius 2 is 2.26 bits per heavy atom. The Bertz CT molecular complexity index is 635. The van der Waals surface area contributed by atoms with Crippen LogP contribution in [-0.4, -0.2) is 34.3 Å². The van der Waals surface area contributed by atoms with Gasteiger partial charge in [0.1, 0.15) is 12.0 Å². The highest BCUT2D eigenvalue weighted by molar-refractivity contribution is 5.47. The number of rotatable bonds is 5. The summed E-state index contributed by atoms with van der Waals surface area (Å²) in [5, 5.41) is 8.14. The van der Waals surface area contributed by atoms with Gasteiger partial charge in [0.2, 0.25) is 0 Å². The fourth-order valence-corrected chi connectivity index (χ4v) is 2.04. The van der Waals surface area contributed by atoms with Crippen molar-refractivity contribution in [2.75, 3.05) is 0 Å². The molecule has 7 heteroatoms. The van der Waals surface area contributed by atoms with Gasteiger partial charge in [-0.3, -0.25) is 0 Å². The lowest BCUT2D eigenvalue weighted by Gasteiger charge is -2.07. The highest BCUT2D eigenvalue weighted by Crippen LogP contribution is 2.14. The van der Waals surface area contributed by atoms with Crippen LogP contribution in [0.15, 0.2) is 31.2 Å². The first-order chi connectivity index (χ1) is 9.38. The number of hydrogen-bond acceptors (Lipinski definition) is 4. The molecule has 0 aliphatic carbocycles. The van der Waals surface area contributed by atoms with Gasteiger partial charge < -0.3 is 14.1 Å². The first-order valence-corrected chi connectivity index (χ1v) is 6.25. The Balaban J connectivity index is 1.88. The van der Waals surface area contributed by atoms with E-state index in [2.05, 4.69) is 36.6 Å². The van der Waals surface area contributed by atoms with Crippen molar-refractivity contribution >= 4 is 0 Å². The normalized spacial score (nSPS) is 11.0. The van der Waals surface area contributed by atoms with Crippen molar-refractivity contribution in [2.45, 2.75) is 26.4 Å². The van der Waals surface area contributed by atoms with Gasteiger partial charge in [-0.15, -0.1) is 10.2 Å². The molecule has 0 radical (unpaired) electrons. The number of nitrogens with one attached hydrogen (secondary N) is 1. The van der Waals surface area contributed by atoms with Gasteiger partial charge in [-0.05, 0) is 6.42 Å². The molecule has 0 fully saturated rings. The van der Waals surface area contributed by atoms with Crippen molar-refractivity contribution in [1.29, 1.82) is 0 Å². The van der Waals surface area contributed by atoms with Crippen LogP contribution in [0.1, 0.15) is 19.2 Å². The topological polar surface area (TPSA) is 77.2 Å². The third kappa shape index (κ3) is 2.26. The van der Waals surface area contributed by atoms with Gasteiger partial charge in [-0.1, -0.05) is 6.92 Å². The number of hydrogen-bond donors (Lipinski definition) is 1. The second-order valence-corrected chi connectivity index (χ2v) is 4.28. The van der Waals surface area contributed by atoms with Crippen molar-refractivity contribution in [1.82, 2.24) is 34.3 Å². The van der Waals surface area contributed by atoms with Gasteiger partial charge in [0, 0.05) is 18.9 Å². The molecule has 98 valence electrons. The van der Waals surface area contributed by atoms with E-state index in [1.807, 2.05) is 10.8 Å². The molecule has 3 heterocycles. The number of aromatic amines is 1. The van der Waals surface area contributed by atoms with Crippen LogP contribution in [0.2, 0.25) is 0 Å². The van der Waals surface area contributed by atoms with E-state index in [-0.39, 0.29) is 0 Å². The molecular weight excluding hydrogens is 242 g/mol. The minimum absolute atomic E-state index is 0.647. The molecule has 0 aliphatic rings. The summed E-state index contributed by atoms with van der Waals surface area (Å²) in [6.07, 6.45) is 9.94. The second-order valence-electron chi connectivity index (χ2n) is 4.28. The predicted octanol–water partition coefficient (Wildman–Crippen LogP) is 1.32. The number of aromatic nitrogens is 7. The van der Waals surface area contributed by atoms with Crippen molar-refractivity contribution in [3.05, 3.63) is 37.1 Å². The zero-order chi connectivity index (χ0) is 13.1. The van der Waals surface area contributed by atoms with E-state index in [9.17, 15) is 0 Å². The summed E-state index contributed by atoms with van der Waals surface area (Å²) in [4.78, 5) is 11.4. The number of imidazole rings is 2. The highest BCUT2D eigenvalue weighted by atomic mass is 15.3. The summed E-state index contributed by atoms with van der Waals surface area (Å²) in [6.45, 7) is 3.71. The Morgan fingerprint density at radius 3 is 3.05 bits per heavy atom. The molecule has 0 aliphatic heterocycles. The van der Waals surface area contributed by atoms with Crippen molar-refractivity contribution < 1.29 is 0 Å². The maximum absolute atomic E-state index is 4.35. The van der Waals surface area contributed by atoms with Crippen LogP contribution < -0.4 is 0 Å². The molecule has 0 aromatic carbocycles. The van der Waals surface area contributed by atoms with Gasteiger partial charge in [0.15, 0.2) is 11.6 Å². The Hall–Kier alpha value is -2.44. The first kappa shape index (κ1) is 11.6. The Morgan fingerprint density at radius 1 is 1.32 bits per heavy atom. The standard InChI is InChI=1S/C12H15N7/c1-2-4-19-9-16-17-11(19)7-18-5-3-14-12(18)10-6-13-8-15-10/h3,5-6,8-9H,2,4,7H2,1H3,(H,13,15). The number of H-pyrrole nitrogens is 1. The Kier molecular flexibility index (Phi) is 3.09. The largest absolute Gasteiger partial charge is 0.342 e. The molecule has 19 heavy (non-hydrogen) atoms. The third-order valence-electron chi connectivity index (χ3n) is 2.93. The van der Waals surface area contributed by atoms with Gasteiger partial charge in [0.05, 0.1) is 19.1 Å². The van der Waals surface area contributed by atoms with Gasteiger partial charge in [-0.25, -0.2) is 9.97 Å². The van der Waals surface area contributed by atoms with E-state index in [1.54, 1.807) is 25.0 Å². The molecule has 0 saturated heterocycles. The van der Waals surface area contributed by atoms with Crippen molar-refractivity contribution in [3.63, 3.8) is 0 Å². The maximum atomic E-state index is 4.35. The molecule has 1 N–H and O–H groups in total. The summed E-state index contributed by atoms with van der Waals surface area (Å²) in [7, 11) is 0. The molecule has 0 amide bonds. The molecular formula is C12H15N7. The highest BCUT2D eigenvalue weighted by Gasteiger charge is 2.10. The fourth-order valence-electron chi connectivity index (χ4n) is 2.04. The molecule has 3 rings (SSSR count). The molecule has 0 spiro atoms. The molecule has 3 aromatic rings. The quantitative estimate of drug-likeness (QED) is 0.748. The first-order valence-electron chi connectivity index (χ1n) is 6.25. The van der Waals surface area contributed by atoms with E-state index in [0.29, 0.717) is 6.54 Å². The van der Waals surface area contributed by atoms with Crippen LogP contribution in [0.4, 0.5) is 0 Å². The van der Waals surface area contributed by atoms with Crippen LogP contribution in [0, 0.1) is 0 Å². The predicted molar refractivity (Wildman–Crippen MR) is 69.2 cm³/mol. The minimum Gasteiger partial charge on any atom is -0.342 e. The molecule has 3 aromatic heterocycles. The van der Waals surface area contributed by atoms with E-state index in [0.717, 1.165) is 30.3 Å².